The SMILES string of the molecule is COc1ccc(O)c(C(=O)N(C(C(N)=O)c2cccnc2)[C@@H]2CCc3c(F)cc(Cl)cc32)c1. The quantitative estimate of drug-likeness (QED) is 0.568. The molecule has 1 aliphatic rings. The number of primary amides is 1. The van der Waals surface area contributed by atoms with Gasteiger partial charge in [-0.1, -0.05) is 17.7 Å². The maximum absolute atomic E-state index is 14.6. The lowest BCUT2D eigenvalue weighted by molar-refractivity contribution is -0.123. The number of phenolic OH excluding ortho intramolecular Hbond substituents is 1. The summed E-state index contributed by atoms with van der Waals surface area (Å²) in [5, 5.41) is 10.6. The van der Waals surface area contributed by atoms with Crippen LogP contribution in [-0.2, 0) is 11.2 Å². The molecule has 3 N–H and O–H groups in total. The fourth-order valence-electron chi connectivity index (χ4n) is 4.30. The number of benzene rings is 2. The zero-order valence-electron chi connectivity index (χ0n) is 17.7. The Hall–Kier alpha value is -3.65. The Labute approximate surface area is 194 Å². The Morgan fingerprint density at radius 2 is 2.09 bits per heavy atom. The lowest BCUT2D eigenvalue weighted by Gasteiger charge is -2.36. The van der Waals surface area contributed by atoms with E-state index in [0.29, 0.717) is 35.3 Å². The van der Waals surface area contributed by atoms with Crippen LogP contribution in [0.25, 0.3) is 0 Å². The molecule has 4 rings (SSSR count). The number of phenols is 1. The summed E-state index contributed by atoms with van der Waals surface area (Å²) in [7, 11) is 1.43. The molecular formula is C24H21ClFN3O4. The zero-order valence-corrected chi connectivity index (χ0v) is 18.4. The number of nitrogens with zero attached hydrogens (tertiary/aromatic N) is 2. The van der Waals surface area contributed by atoms with Crippen molar-refractivity contribution in [3.8, 4) is 11.5 Å². The Morgan fingerprint density at radius 3 is 2.76 bits per heavy atom. The second-order valence-corrected chi connectivity index (χ2v) is 8.13. The van der Waals surface area contributed by atoms with Gasteiger partial charge in [0.05, 0.1) is 18.7 Å². The van der Waals surface area contributed by atoms with Crippen LogP contribution < -0.4 is 10.5 Å². The largest absolute Gasteiger partial charge is 0.507 e. The van der Waals surface area contributed by atoms with Crippen LogP contribution in [0.5, 0.6) is 11.5 Å². The summed E-state index contributed by atoms with van der Waals surface area (Å²) in [4.78, 5) is 31.9. The van der Waals surface area contributed by atoms with E-state index < -0.39 is 29.7 Å². The maximum Gasteiger partial charge on any atom is 0.259 e. The number of pyridine rings is 1. The number of nitrogens with two attached hydrogens (primary N) is 1. The number of carbonyl (C=O) groups is 2. The van der Waals surface area contributed by atoms with Crippen molar-refractivity contribution < 1.29 is 23.8 Å². The number of rotatable bonds is 6. The smallest absolute Gasteiger partial charge is 0.259 e. The molecule has 170 valence electrons. The second kappa shape index (κ2) is 9.07. The number of hydrogen-bond acceptors (Lipinski definition) is 5. The summed E-state index contributed by atoms with van der Waals surface area (Å²) >= 11 is 6.12. The number of halogens is 2. The molecule has 1 unspecified atom stereocenters. The number of aromatic hydroxyl groups is 1. The number of amides is 2. The third-order valence-corrected chi connectivity index (χ3v) is 5.99. The number of carbonyl (C=O) groups excluding carboxylic acids is 2. The van der Waals surface area contributed by atoms with Crippen molar-refractivity contribution in [2.45, 2.75) is 24.9 Å². The van der Waals surface area contributed by atoms with Gasteiger partial charge in [0.2, 0.25) is 5.91 Å². The minimum Gasteiger partial charge on any atom is -0.507 e. The molecule has 33 heavy (non-hydrogen) atoms. The van der Waals surface area contributed by atoms with Gasteiger partial charge in [0.25, 0.3) is 5.91 Å². The Morgan fingerprint density at radius 1 is 1.30 bits per heavy atom. The highest BCUT2D eigenvalue weighted by Gasteiger charge is 2.41. The minimum absolute atomic E-state index is 0.0829. The summed E-state index contributed by atoms with van der Waals surface area (Å²) < 4.78 is 19.8. The van der Waals surface area contributed by atoms with Gasteiger partial charge in [0, 0.05) is 23.0 Å². The topological polar surface area (TPSA) is 106 Å². The molecule has 3 aromatic rings. The van der Waals surface area contributed by atoms with Crippen LogP contribution in [0.1, 0.15) is 45.6 Å². The lowest BCUT2D eigenvalue weighted by atomic mass is 9.98. The van der Waals surface area contributed by atoms with Gasteiger partial charge in [0.15, 0.2) is 0 Å². The molecule has 2 atom stereocenters. The molecule has 0 bridgehead atoms. The highest BCUT2D eigenvalue weighted by atomic mass is 35.5. The number of fused-ring (bicyclic) bond motifs is 1. The first-order valence-electron chi connectivity index (χ1n) is 10.2. The van der Waals surface area contributed by atoms with Crippen molar-refractivity contribution in [3.05, 3.63) is 88.0 Å². The molecule has 0 saturated carbocycles. The summed E-state index contributed by atoms with van der Waals surface area (Å²) in [6.07, 6.45) is 3.65. The molecule has 2 amide bonds. The van der Waals surface area contributed by atoms with E-state index in [4.69, 9.17) is 22.1 Å². The summed E-state index contributed by atoms with van der Waals surface area (Å²) in [5.41, 5.74) is 7.00. The molecule has 9 heteroatoms. The van der Waals surface area contributed by atoms with E-state index in [0.717, 1.165) is 0 Å². The summed E-state index contributed by atoms with van der Waals surface area (Å²) in [6, 6.07) is 8.31. The van der Waals surface area contributed by atoms with Gasteiger partial charge in [-0.05, 0) is 60.4 Å². The number of methoxy groups -OCH3 is 1. The van der Waals surface area contributed by atoms with Crippen molar-refractivity contribution in [1.82, 2.24) is 9.88 Å². The molecule has 1 aliphatic carbocycles. The Kier molecular flexibility index (Phi) is 6.20. The first-order valence-corrected chi connectivity index (χ1v) is 10.6. The molecule has 7 nitrogen and oxygen atoms in total. The first-order chi connectivity index (χ1) is 15.8. The average Bonchev–Trinajstić information content (AvgIpc) is 3.21. The van der Waals surface area contributed by atoms with E-state index in [1.165, 1.54) is 48.7 Å². The lowest BCUT2D eigenvalue weighted by Crippen LogP contribution is -2.43. The van der Waals surface area contributed by atoms with Gasteiger partial charge in [-0.25, -0.2) is 4.39 Å². The molecule has 0 aliphatic heterocycles. The van der Waals surface area contributed by atoms with Crippen LogP contribution >= 0.6 is 11.6 Å². The molecule has 0 spiro atoms. The van der Waals surface area contributed by atoms with Crippen LogP contribution in [0, 0.1) is 5.82 Å². The highest BCUT2D eigenvalue weighted by molar-refractivity contribution is 6.30. The molecule has 2 aromatic carbocycles. The minimum atomic E-state index is -1.23. The average molecular weight is 470 g/mol. The van der Waals surface area contributed by atoms with Crippen molar-refractivity contribution in [2.75, 3.05) is 7.11 Å². The van der Waals surface area contributed by atoms with Crippen LogP contribution in [0.2, 0.25) is 5.02 Å². The Bertz CT molecular complexity index is 1220. The van der Waals surface area contributed by atoms with Crippen LogP contribution in [0.4, 0.5) is 4.39 Å². The van der Waals surface area contributed by atoms with Crippen LogP contribution in [-0.4, -0.2) is 33.9 Å². The third-order valence-electron chi connectivity index (χ3n) is 5.77. The van der Waals surface area contributed by atoms with Gasteiger partial charge in [-0.2, -0.15) is 0 Å². The molecule has 1 heterocycles. The van der Waals surface area contributed by atoms with Gasteiger partial charge in [0.1, 0.15) is 23.4 Å². The third kappa shape index (κ3) is 4.21. The normalized spacial score (nSPS) is 15.5. The standard InChI is InChI=1S/C24H21ClFN3O4/c1-33-15-4-7-21(30)18(11-15)24(32)29(22(23(27)31)13-3-2-8-28-12-13)20-6-5-16-17(20)9-14(25)10-19(16)26/h2-4,7-12,20,22,30H,5-6H2,1H3,(H2,27,31)/t20-,22?/m1/s1. The van der Waals surface area contributed by atoms with E-state index in [2.05, 4.69) is 4.98 Å². The van der Waals surface area contributed by atoms with Crippen molar-refractivity contribution in [1.29, 1.82) is 0 Å². The monoisotopic (exact) mass is 469 g/mol. The number of hydrogen-bond donors (Lipinski definition) is 2. The molecule has 0 saturated heterocycles. The summed E-state index contributed by atoms with van der Waals surface area (Å²) in [6.45, 7) is 0. The molecule has 0 fully saturated rings. The first kappa shape index (κ1) is 22.5. The van der Waals surface area contributed by atoms with Crippen LogP contribution in [0.3, 0.4) is 0 Å². The molecule has 0 radical (unpaired) electrons. The predicted molar refractivity (Wildman–Crippen MR) is 119 cm³/mol. The number of ether oxygens (including phenoxy) is 1. The molecular weight excluding hydrogens is 449 g/mol. The fourth-order valence-corrected chi connectivity index (χ4v) is 4.51. The molecule has 1 aromatic heterocycles. The van der Waals surface area contributed by atoms with E-state index in [1.54, 1.807) is 18.2 Å². The fraction of sp³-hybridized carbons (Fsp3) is 0.208. The maximum atomic E-state index is 14.6. The highest BCUT2D eigenvalue weighted by Crippen LogP contribution is 2.43. The van der Waals surface area contributed by atoms with Crippen molar-refractivity contribution in [2.24, 2.45) is 5.73 Å². The predicted octanol–water partition coefficient (Wildman–Crippen LogP) is 3.94. The van der Waals surface area contributed by atoms with Gasteiger partial charge < -0.3 is 20.5 Å². The van der Waals surface area contributed by atoms with Crippen molar-refractivity contribution >= 4 is 23.4 Å². The van der Waals surface area contributed by atoms with E-state index >= 15 is 0 Å². The van der Waals surface area contributed by atoms with Gasteiger partial charge in [-0.3, -0.25) is 14.6 Å². The second-order valence-electron chi connectivity index (χ2n) is 7.70. The van der Waals surface area contributed by atoms with Gasteiger partial charge >= 0.3 is 0 Å². The summed E-state index contributed by atoms with van der Waals surface area (Å²) in [5.74, 6) is -1.90. The zero-order chi connectivity index (χ0) is 23.7. The van der Waals surface area contributed by atoms with E-state index in [1.807, 2.05) is 0 Å². The van der Waals surface area contributed by atoms with Crippen LogP contribution in [0.15, 0.2) is 54.9 Å². The Balaban J connectivity index is 1.91. The van der Waals surface area contributed by atoms with E-state index in [-0.39, 0.29) is 16.3 Å². The van der Waals surface area contributed by atoms with Gasteiger partial charge in [-0.15, -0.1) is 0 Å². The van der Waals surface area contributed by atoms with E-state index in [9.17, 15) is 19.1 Å². The van der Waals surface area contributed by atoms with Crippen molar-refractivity contribution in [3.63, 3.8) is 0 Å². The number of aromatic nitrogens is 1.